The van der Waals surface area contributed by atoms with Gasteiger partial charge in [-0.1, -0.05) is 41.4 Å². The Balaban J connectivity index is 2.14. The van der Waals surface area contributed by atoms with Crippen molar-refractivity contribution in [2.75, 3.05) is 13.2 Å². The maximum atomic E-state index is 11.2. The van der Waals surface area contributed by atoms with E-state index in [1.165, 1.54) is 0 Å². The third-order valence-electron chi connectivity index (χ3n) is 2.16. The van der Waals surface area contributed by atoms with Gasteiger partial charge in [-0.25, -0.2) is 4.79 Å². The minimum absolute atomic E-state index is 0.0137. The van der Waals surface area contributed by atoms with Gasteiger partial charge in [-0.15, -0.1) is 0 Å². The topological polar surface area (TPSA) is 35.5 Å². The summed E-state index contributed by atoms with van der Waals surface area (Å²) < 4.78 is 11.3. The lowest BCUT2D eigenvalue weighted by molar-refractivity contribution is -0.149. The third kappa shape index (κ3) is 6.44. The molecule has 0 spiro atoms. The first-order valence-corrected chi connectivity index (χ1v) is 6.49. The molecule has 0 saturated carbocycles. The SMILES string of the molecule is CCCCOC(=O)COCc1ccc(Br)cc1. The standard InChI is InChI=1S/C13H17BrO3/c1-2-3-8-17-13(15)10-16-9-11-4-6-12(14)7-5-11/h4-7H,2-3,8-10H2,1H3. The second-order valence-electron chi connectivity index (χ2n) is 3.69. The van der Waals surface area contributed by atoms with Gasteiger partial charge in [0.15, 0.2) is 0 Å². The van der Waals surface area contributed by atoms with Gasteiger partial charge in [-0.2, -0.15) is 0 Å². The molecule has 1 aromatic rings. The molecule has 0 aliphatic carbocycles. The molecule has 0 amide bonds. The lowest BCUT2D eigenvalue weighted by Crippen LogP contribution is -2.13. The minimum Gasteiger partial charge on any atom is -0.464 e. The number of unbranched alkanes of at least 4 members (excludes halogenated alkanes) is 1. The Morgan fingerprint density at radius 2 is 2.00 bits per heavy atom. The molecule has 0 fully saturated rings. The quantitative estimate of drug-likeness (QED) is 0.572. The van der Waals surface area contributed by atoms with E-state index in [4.69, 9.17) is 9.47 Å². The highest BCUT2D eigenvalue weighted by Gasteiger charge is 2.02. The predicted molar refractivity (Wildman–Crippen MR) is 69.7 cm³/mol. The second kappa shape index (κ2) is 8.25. The van der Waals surface area contributed by atoms with Gasteiger partial charge in [-0.3, -0.25) is 0 Å². The van der Waals surface area contributed by atoms with Crippen molar-refractivity contribution in [3.63, 3.8) is 0 Å². The van der Waals surface area contributed by atoms with Crippen LogP contribution in [0.4, 0.5) is 0 Å². The summed E-state index contributed by atoms with van der Waals surface area (Å²) in [6.07, 6.45) is 1.92. The average Bonchev–Trinajstić information content (AvgIpc) is 2.32. The first kappa shape index (κ1) is 14.2. The van der Waals surface area contributed by atoms with E-state index in [0.29, 0.717) is 13.2 Å². The van der Waals surface area contributed by atoms with E-state index >= 15 is 0 Å². The molecule has 3 nitrogen and oxygen atoms in total. The summed E-state index contributed by atoms with van der Waals surface area (Å²) in [6.45, 7) is 2.98. The van der Waals surface area contributed by atoms with Crippen LogP contribution in [0.1, 0.15) is 25.3 Å². The number of esters is 1. The zero-order valence-electron chi connectivity index (χ0n) is 9.95. The Kier molecular flexibility index (Phi) is 6.89. The number of halogens is 1. The largest absolute Gasteiger partial charge is 0.464 e. The van der Waals surface area contributed by atoms with Crippen LogP contribution in [-0.4, -0.2) is 19.2 Å². The number of benzene rings is 1. The lowest BCUT2D eigenvalue weighted by atomic mass is 10.2. The van der Waals surface area contributed by atoms with Crippen LogP contribution in [0.25, 0.3) is 0 Å². The molecular weight excluding hydrogens is 284 g/mol. The van der Waals surface area contributed by atoms with Gasteiger partial charge in [0.2, 0.25) is 0 Å². The zero-order valence-corrected chi connectivity index (χ0v) is 11.5. The molecule has 0 heterocycles. The van der Waals surface area contributed by atoms with Crippen LogP contribution in [0.3, 0.4) is 0 Å². The van der Waals surface area contributed by atoms with Gasteiger partial charge < -0.3 is 9.47 Å². The molecule has 17 heavy (non-hydrogen) atoms. The van der Waals surface area contributed by atoms with Crippen LogP contribution in [0.15, 0.2) is 28.7 Å². The number of rotatable bonds is 7. The molecule has 0 radical (unpaired) electrons. The van der Waals surface area contributed by atoms with Gasteiger partial charge in [0, 0.05) is 4.47 Å². The molecule has 0 saturated heterocycles. The Labute approximate surface area is 110 Å². The van der Waals surface area contributed by atoms with Gasteiger partial charge in [0.05, 0.1) is 13.2 Å². The smallest absolute Gasteiger partial charge is 0.332 e. The molecule has 0 bridgehead atoms. The summed E-state index contributed by atoms with van der Waals surface area (Å²) in [5.41, 5.74) is 1.04. The summed E-state index contributed by atoms with van der Waals surface area (Å²) in [4.78, 5) is 11.2. The van der Waals surface area contributed by atoms with Crippen LogP contribution in [0.5, 0.6) is 0 Å². The van der Waals surface area contributed by atoms with Crippen molar-refractivity contribution in [2.24, 2.45) is 0 Å². The lowest BCUT2D eigenvalue weighted by Gasteiger charge is -2.05. The summed E-state index contributed by atoms with van der Waals surface area (Å²) in [5, 5.41) is 0. The van der Waals surface area contributed by atoms with Gasteiger partial charge in [0.25, 0.3) is 0 Å². The highest BCUT2D eigenvalue weighted by molar-refractivity contribution is 9.10. The predicted octanol–water partition coefficient (Wildman–Crippen LogP) is 3.31. The molecule has 0 aliphatic rings. The highest BCUT2D eigenvalue weighted by atomic mass is 79.9. The highest BCUT2D eigenvalue weighted by Crippen LogP contribution is 2.11. The summed E-state index contributed by atoms with van der Waals surface area (Å²) in [6, 6.07) is 7.79. The number of carbonyl (C=O) groups is 1. The van der Waals surface area contributed by atoms with E-state index in [1.807, 2.05) is 24.3 Å². The van der Waals surface area contributed by atoms with Crippen LogP contribution >= 0.6 is 15.9 Å². The van der Waals surface area contributed by atoms with Crippen molar-refractivity contribution in [3.8, 4) is 0 Å². The fourth-order valence-corrected chi connectivity index (χ4v) is 1.47. The molecule has 0 unspecified atom stereocenters. The molecule has 4 heteroatoms. The molecule has 1 rings (SSSR count). The Hall–Kier alpha value is -0.870. The van der Waals surface area contributed by atoms with Crippen molar-refractivity contribution in [3.05, 3.63) is 34.3 Å². The minimum atomic E-state index is -0.296. The number of hydrogen-bond donors (Lipinski definition) is 0. The molecule has 0 aromatic heterocycles. The number of hydrogen-bond acceptors (Lipinski definition) is 3. The third-order valence-corrected chi connectivity index (χ3v) is 2.69. The van der Waals surface area contributed by atoms with E-state index in [-0.39, 0.29) is 12.6 Å². The van der Waals surface area contributed by atoms with Crippen molar-refractivity contribution in [1.82, 2.24) is 0 Å². The molecule has 0 aliphatic heterocycles. The van der Waals surface area contributed by atoms with E-state index in [1.54, 1.807) is 0 Å². The molecule has 1 aromatic carbocycles. The van der Waals surface area contributed by atoms with Crippen LogP contribution < -0.4 is 0 Å². The van der Waals surface area contributed by atoms with Crippen molar-refractivity contribution in [1.29, 1.82) is 0 Å². The van der Waals surface area contributed by atoms with E-state index in [9.17, 15) is 4.79 Å². The summed E-state index contributed by atoms with van der Waals surface area (Å²) >= 11 is 3.36. The maximum absolute atomic E-state index is 11.2. The molecular formula is C13H17BrO3. The first-order chi connectivity index (χ1) is 8.22. The van der Waals surface area contributed by atoms with Crippen molar-refractivity contribution >= 4 is 21.9 Å². The second-order valence-corrected chi connectivity index (χ2v) is 4.61. The number of ether oxygens (including phenoxy) is 2. The van der Waals surface area contributed by atoms with E-state index in [2.05, 4.69) is 22.9 Å². The normalized spacial score (nSPS) is 10.2. The Bertz CT molecular complexity index is 335. The fraction of sp³-hybridized carbons (Fsp3) is 0.462. The van der Waals surface area contributed by atoms with Crippen molar-refractivity contribution in [2.45, 2.75) is 26.4 Å². The zero-order chi connectivity index (χ0) is 12.5. The van der Waals surface area contributed by atoms with Gasteiger partial charge >= 0.3 is 5.97 Å². The van der Waals surface area contributed by atoms with E-state index < -0.39 is 0 Å². The van der Waals surface area contributed by atoms with Gasteiger partial charge in [-0.05, 0) is 24.1 Å². The Morgan fingerprint density at radius 1 is 1.29 bits per heavy atom. The monoisotopic (exact) mass is 300 g/mol. The van der Waals surface area contributed by atoms with E-state index in [0.717, 1.165) is 22.9 Å². The van der Waals surface area contributed by atoms with Crippen molar-refractivity contribution < 1.29 is 14.3 Å². The van der Waals surface area contributed by atoms with Crippen LogP contribution in [-0.2, 0) is 20.9 Å². The summed E-state index contributed by atoms with van der Waals surface area (Å²) in [7, 11) is 0. The molecule has 0 N–H and O–H groups in total. The average molecular weight is 301 g/mol. The maximum Gasteiger partial charge on any atom is 0.332 e. The fourth-order valence-electron chi connectivity index (χ4n) is 1.20. The number of carbonyl (C=O) groups excluding carboxylic acids is 1. The first-order valence-electron chi connectivity index (χ1n) is 5.70. The van der Waals surface area contributed by atoms with Crippen LogP contribution in [0.2, 0.25) is 0 Å². The molecule has 0 atom stereocenters. The Morgan fingerprint density at radius 3 is 2.65 bits per heavy atom. The molecule has 94 valence electrons. The summed E-state index contributed by atoms with van der Waals surface area (Å²) in [5.74, 6) is -0.296. The van der Waals surface area contributed by atoms with Gasteiger partial charge in [0.1, 0.15) is 6.61 Å². The van der Waals surface area contributed by atoms with Crippen LogP contribution in [0, 0.1) is 0 Å².